The lowest BCUT2D eigenvalue weighted by molar-refractivity contribution is 0.0940. The third kappa shape index (κ3) is 2.89. The highest BCUT2D eigenvalue weighted by Gasteiger charge is 2.20. The molecule has 2 rings (SSSR count). The number of amides is 1. The summed E-state index contributed by atoms with van der Waals surface area (Å²) in [6, 6.07) is 2.36. The van der Waals surface area contributed by atoms with Crippen LogP contribution in [0.4, 0.5) is 4.39 Å². The average Bonchev–Trinajstić information content (AvgIpc) is 2.76. The van der Waals surface area contributed by atoms with Gasteiger partial charge in [-0.2, -0.15) is 0 Å². The molecule has 1 amide bonds. The SMILES string of the molecule is O=C(NC1CCNC1)c1cc(F)c(Cl)cc1Cl. The van der Waals surface area contributed by atoms with Crippen molar-refractivity contribution in [1.29, 1.82) is 0 Å². The maximum Gasteiger partial charge on any atom is 0.253 e. The number of carbonyl (C=O) groups is 1. The van der Waals surface area contributed by atoms with Crippen molar-refractivity contribution in [3.63, 3.8) is 0 Å². The van der Waals surface area contributed by atoms with E-state index in [0.717, 1.165) is 25.6 Å². The molecule has 0 saturated carbocycles. The molecule has 92 valence electrons. The molecule has 0 aromatic heterocycles. The van der Waals surface area contributed by atoms with Crippen LogP contribution in [0.1, 0.15) is 16.8 Å². The molecular weight excluding hydrogens is 266 g/mol. The quantitative estimate of drug-likeness (QED) is 0.814. The predicted octanol–water partition coefficient (Wildman–Crippen LogP) is 2.22. The van der Waals surface area contributed by atoms with E-state index in [4.69, 9.17) is 23.2 Å². The zero-order valence-electron chi connectivity index (χ0n) is 8.90. The largest absolute Gasteiger partial charge is 0.348 e. The van der Waals surface area contributed by atoms with E-state index in [1.807, 2.05) is 0 Å². The van der Waals surface area contributed by atoms with Gasteiger partial charge < -0.3 is 10.6 Å². The Bertz CT molecular complexity index is 447. The van der Waals surface area contributed by atoms with Crippen LogP contribution < -0.4 is 10.6 Å². The van der Waals surface area contributed by atoms with Crippen LogP contribution in [0, 0.1) is 5.82 Å². The molecule has 17 heavy (non-hydrogen) atoms. The van der Waals surface area contributed by atoms with E-state index in [9.17, 15) is 9.18 Å². The molecule has 1 aliphatic heterocycles. The van der Waals surface area contributed by atoms with Crippen LogP contribution in [-0.4, -0.2) is 25.0 Å². The summed E-state index contributed by atoms with van der Waals surface area (Å²) in [6.45, 7) is 1.59. The van der Waals surface area contributed by atoms with Crippen molar-refractivity contribution < 1.29 is 9.18 Å². The molecule has 1 aliphatic rings. The maximum absolute atomic E-state index is 13.3. The Kier molecular flexibility index (Phi) is 3.86. The molecule has 1 fully saturated rings. The number of hydrogen-bond acceptors (Lipinski definition) is 2. The lowest BCUT2D eigenvalue weighted by Gasteiger charge is -2.12. The molecule has 0 radical (unpaired) electrons. The minimum absolute atomic E-state index is 0.0669. The number of benzene rings is 1. The summed E-state index contributed by atoms with van der Waals surface area (Å²) in [5.41, 5.74) is 0.112. The van der Waals surface area contributed by atoms with Crippen molar-refractivity contribution >= 4 is 29.1 Å². The summed E-state index contributed by atoms with van der Waals surface area (Å²) in [5.74, 6) is -1.02. The molecule has 2 N–H and O–H groups in total. The Hall–Kier alpha value is -0.840. The highest BCUT2D eigenvalue weighted by Crippen LogP contribution is 2.24. The Balaban J connectivity index is 2.15. The van der Waals surface area contributed by atoms with Gasteiger partial charge in [0.1, 0.15) is 5.82 Å². The van der Waals surface area contributed by atoms with Crippen molar-refractivity contribution in [2.45, 2.75) is 12.5 Å². The van der Waals surface area contributed by atoms with Gasteiger partial charge in [0.25, 0.3) is 5.91 Å². The smallest absolute Gasteiger partial charge is 0.253 e. The average molecular weight is 277 g/mol. The minimum Gasteiger partial charge on any atom is -0.348 e. The van der Waals surface area contributed by atoms with Gasteiger partial charge in [-0.1, -0.05) is 23.2 Å². The molecule has 1 saturated heterocycles. The molecule has 6 heteroatoms. The first-order chi connectivity index (χ1) is 8.08. The van der Waals surface area contributed by atoms with Crippen LogP contribution >= 0.6 is 23.2 Å². The van der Waals surface area contributed by atoms with Gasteiger partial charge in [0.15, 0.2) is 0 Å². The Morgan fingerprint density at radius 1 is 1.41 bits per heavy atom. The van der Waals surface area contributed by atoms with Crippen LogP contribution in [0.3, 0.4) is 0 Å². The molecule has 0 aliphatic carbocycles. The van der Waals surface area contributed by atoms with Crippen molar-refractivity contribution in [3.8, 4) is 0 Å². The van der Waals surface area contributed by atoms with E-state index in [-0.39, 0.29) is 27.6 Å². The van der Waals surface area contributed by atoms with E-state index < -0.39 is 5.82 Å². The number of carbonyl (C=O) groups excluding carboxylic acids is 1. The Morgan fingerprint density at radius 2 is 2.18 bits per heavy atom. The molecule has 1 aromatic carbocycles. The highest BCUT2D eigenvalue weighted by molar-refractivity contribution is 6.36. The molecule has 1 aromatic rings. The van der Waals surface area contributed by atoms with Gasteiger partial charge in [0, 0.05) is 12.6 Å². The second-order valence-electron chi connectivity index (χ2n) is 3.91. The third-order valence-electron chi connectivity index (χ3n) is 2.65. The van der Waals surface area contributed by atoms with Gasteiger partial charge in [-0.25, -0.2) is 4.39 Å². The second kappa shape index (κ2) is 5.21. The predicted molar refractivity (Wildman–Crippen MR) is 65.2 cm³/mol. The number of halogens is 3. The molecule has 1 atom stereocenters. The summed E-state index contributed by atoms with van der Waals surface area (Å²) < 4.78 is 13.3. The molecular formula is C11H11Cl2FN2O. The molecule has 0 spiro atoms. The van der Waals surface area contributed by atoms with Gasteiger partial charge in [-0.3, -0.25) is 4.79 Å². The highest BCUT2D eigenvalue weighted by atomic mass is 35.5. The number of nitrogens with one attached hydrogen (secondary N) is 2. The summed E-state index contributed by atoms with van der Waals surface area (Å²) >= 11 is 11.4. The normalized spacial score (nSPS) is 19.4. The molecule has 0 bridgehead atoms. The van der Waals surface area contributed by atoms with Crippen molar-refractivity contribution in [2.24, 2.45) is 0 Å². The fourth-order valence-electron chi connectivity index (χ4n) is 1.74. The summed E-state index contributed by atoms with van der Waals surface area (Å²) in [6.07, 6.45) is 0.861. The topological polar surface area (TPSA) is 41.1 Å². The molecule has 1 heterocycles. The van der Waals surface area contributed by atoms with Crippen LogP contribution in [0.2, 0.25) is 10.0 Å². The van der Waals surface area contributed by atoms with Crippen molar-refractivity contribution in [2.75, 3.05) is 13.1 Å². The van der Waals surface area contributed by atoms with Crippen molar-refractivity contribution in [1.82, 2.24) is 10.6 Å². The zero-order chi connectivity index (χ0) is 12.4. The number of hydrogen-bond donors (Lipinski definition) is 2. The summed E-state index contributed by atoms with van der Waals surface area (Å²) in [7, 11) is 0. The van der Waals surface area contributed by atoms with Gasteiger partial charge >= 0.3 is 0 Å². The molecule has 1 unspecified atom stereocenters. The maximum atomic E-state index is 13.3. The van der Waals surface area contributed by atoms with Gasteiger partial charge in [0.2, 0.25) is 0 Å². The van der Waals surface area contributed by atoms with E-state index in [0.29, 0.717) is 0 Å². The Morgan fingerprint density at radius 3 is 2.82 bits per heavy atom. The first-order valence-corrected chi connectivity index (χ1v) is 5.99. The number of rotatable bonds is 2. The van der Waals surface area contributed by atoms with Gasteiger partial charge in [-0.05, 0) is 25.1 Å². The first-order valence-electron chi connectivity index (χ1n) is 5.24. The van der Waals surface area contributed by atoms with Crippen LogP contribution in [0.5, 0.6) is 0 Å². The van der Waals surface area contributed by atoms with Crippen LogP contribution in [-0.2, 0) is 0 Å². The van der Waals surface area contributed by atoms with Crippen LogP contribution in [0.25, 0.3) is 0 Å². The van der Waals surface area contributed by atoms with Crippen LogP contribution in [0.15, 0.2) is 12.1 Å². The Labute approximate surface area is 108 Å². The van der Waals surface area contributed by atoms with E-state index >= 15 is 0 Å². The van der Waals surface area contributed by atoms with E-state index in [2.05, 4.69) is 10.6 Å². The standard InChI is InChI=1S/C11H11Cl2FN2O/c12-8-4-9(13)10(14)3-7(8)11(17)16-6-1-2-15-5-6/h3-4,6,15H,1-2,5H2,(H,16,17). The zero-order valence-corrected chi connectivity index (χ0v) is 10.4. The van der Waals surface area contributed by atoms with Gasteiger partial charge in [-0.15, -0.1) is 0 Å². The fourth-order valence-corrected chi connectivity index (χ4v) is 2.21. The lowest BCUT2D eigenvalue weighted by atomic mass is 10.1. The second-order valence-corrected chi connectivity index (χ2v) is 4.72. The van der Waals surface area contributed by atoms with E-state index in [1.165, 1.54) is 6.07 Å². The fraction of sp³-hybridized carbons (Fsp3) is 0.364. The third-order valence-corrected chi connectivity index (χ3v) is 3.25. The first kappa shape index (κ1) is 12.6. The minimum atomic E-state index is -0.647. The summed E-state index contributed by atoms with van der Waals surface area (Å²) in [4.78, 5) is 11.9. The van der Waals surface area contributed by atoms with E-state index in [1.54, 1.807) is 0 Å². The van der Waals surface area contributed by atoms with Gasteiger partial charge in [0.05, 0.1) is 15.6 Å². The molecule has 3 nitrogen and oxygen atoms in total. The summed E-state index contributed by atoms with van der Waals surface area (Å²) in [5, 5.41) is 5.97. The van der Waals surface area contributed by atoms with Crippen molar-refractivity contribution in [3.05, 3.63) is 33.6 Å². The lowest BCUT2D eigenvalue weighted by Crippen LogP contribution is -2.36. The monoisotopic (exact) mass is 276 g/mol.